The van der Waals surface area contributed by atoms with Crippen LogP contribution in [0.25, 0.3) is 0 Å². The highest BCUT2D eigenvalue weighted by atomic mass is 32.2. The maximum absolute atomic E-state index is 11.5. The van der Waals surface area contributed by atoms with Crippen LogP contribution in [-0.4, -0.2) is 67.4 Å². The molecule has 17 heavy (non-hydrogen) atoms. The van der Waals surface area contributed by atoms with Gasteiger partial charge < -0.3 is 15.1 Å². The summed E-state index contributed by atoms with van der Waals surface area (Å²) in [6, 6.07) is 0. The summed E-state index contributed by atoms with van der Waals surface area (Å²) in [7, 11) is -1.04. The Labute approximate surface area is 102 Å². The van der Waals surface area contributed by atoms with Gasteiger partial charge in [0.05, 0.1) is 23.7 Å². The minimum Gasteiger partial charge on any atom is -0.396 e. The van der Waals surface area contributed by atoms with E-state index in [1.807, 2.05) is 11.9 Å². The van der Waals surface area contributed by atoms with Crippen LogP contribution in [0.4, 0.5) is 0 Å². The molecule has 0 amide bonds. The van der Waals surface area contributed by atoms with Crippen molar-refractivity contribution in [3.8, 4) is 0 Å². The van der Waals surface area contributed by atoms with Crippen LogP contribution in [0.15, 0.2) is 0 Å². The number of likely N-dealkylation sites (tertiary alicyclic amines) is 1. The maximum Gasteiger partial charge on any atom is 0.150 e. The van der Waals surface area contributed by atoms with Gasteiger partial charge in [0.1, 0.15) is 9.84 Å². The van der Waals surface area contributed by atoms with Gasteiger partial charge >= 0.3 is 0 Å². The second-order valence-electron chi connectivity index (χ2n) is 5.61. The molecule has 0 aromatic heterocycles. The van der Waals surface area contributed by atoms with Crippen molar-refractivity contribution in [1.82, 2.24) is 4.90 Å². The normalized spacial score (nSPS) is 37.1. The molecule has 1 unspecified atom stereocenters. The predicted molar refractivity (Wildman–Crippen MR) is 64.5 cm³/mol. The Morgan fingerprint density at radius 2 is 1.82 bits per heavy atom. The van der Waals surface area contributed by atoms with Gasteiger partial charge in [-0.3, -0.25) is 0 Å². The van der Waals surface area contributed by atoms with E-state index in [9.17, 15) is 18.6 Å². The van der Waals surface area contributed by atoms with Crippen LogP contribution in [0.2, 0.25) is 0 Å². The lowest BCUT2D eigenvalue weighted by molar-refractivity contribution is -0.106. The second-order valence-corrected chi connectivity index (χ2v) is 7.91. The Morgan fingerprint density at radius 3 is 2.24 bits per heavy atom. The largest absolute Gasteiger partial charge is 0.396 e. The highest BCUT2D eigenvalue weighted by Gasteiger charge is 2.54. The number of likely N-dealkylation sites (N-methyl/N-ethyl adjacent to an activating group) is 1. The molecule has 2 fully saturated rings. The van der Waals surface area contributed by atoms with E-state index < -0.39 is 20.9 Å². The zero-order valence-corrected chi connectivity index (χ0v) is 11.0. The topological polar surface area (TPSA) is 77.8 Å². The van der Waals surface area contributed by atoms with E-state index in [0.29, 0.717) is 25.8 Å². The zero-order valence-electron chi connectivity index (χ0n) is 10.2. The summed E-state index contributed by atoms with van der Waals surface area (Å²) in [6.45, 7) is 1.19. The van der Waals surface area contributed by atoms with Crippen molar-refractivity contribution in [3.63, 3.8) is 0 Å². The average molecular weight is 263 g/mol. The van der Waals surface area contributed by atoms with Crippen molar-refractivity contribution >= 4 is 9.84 Å². The zero-order chi connectivity index (χ0) is 12.7. The Hall–Kier alpha value is -0.170. The molecule has 100 valence electrons. The van der Waals surface area contributed by atoms with Crippen LogP contribution in [-0.2, 0) is 9.84 Å². The molecule has 2 aliphatic heterocycles. The van der Waals surface area contributed by atoms with Gasteiger partial charge in [0.15, 0.2) is 0 Å². The molecule has 6 heteroatoms. The predicted octanol–water partition coefficient (Wildman–Crippen LogP) is -0.760. The first-order valence-corrected chi connectivity index (χ1v) is 7.87. The van der Waals surface area contributed by atoms with Crippen LogP contribution < -0.4 is 0 Å². The third-order valence-electron chi connectivity index (χ3n) is 4.51. The third kappa shape index (κ3) is 2.23. The molecule has 0 aromatic carbocycles. The van der Waals surface area contributed by atoms with Crippen LogP contribution in [0.3, 0.4) is 0 Å². The number of hydrogen-bond acceptors (Lipinski definition) is 5. The van der Waals surface area contributed by atoms with E-state index in [0.717, 1.165) is 6.54 Å². The number of hydrogen-bond donors (Lipinski definition) is 2. The van der Waals surface area contributed by atoms with E-state index in [2.05, 4.69) is 0 Å². The van der Waals surface area contributed by atoms with Crippen LogP contribution in [0.1, 0.15) is 19.3 Å². The first kappa shape index (κ1) is 13.3. The summed E-state index contributed by atoms with van der Waals surface area (Å²) < 4.78 is 22.9. The summed E-state index contributed by atoms with van der Waals surface area (Å²) >= 11 is 0. The lowest BCUT2D eigenvalue weighted by Crippen LogP contribution is -2.55. The Balaban J connectivity index is 2.21. The number of rotatable bonds is 2. The van der Waals surface area contributed by atoms with Gasteiger partial charge in [-0.05, 0) is 26.3 Å². The SMILES string of the molecule is CN1CCC(O)(C2(CO)CCS(=O)(=O)CC2)C1. The number of aliphatic hydroxyl groups is 2. The Bertz CT molecular complexity index is 380. The van der Waals surface area contributed by atoms with E-state index in [4.69, 9.17) is 0 Å². The maximum atomic E-state index is 11.5. The first-order valence-electron chi connectivity index (χ1n) is 6.05. The molecule has 0 saturated carbocycles. The fourth-order valence-electron chi connectivity index (χ4n) is 3.11. The molecule has 2 saturated heterocycles. The van der Waals surface area contributed by atoms with Crippen molar-refractivity contribution in [3.05, 3.63) is 0 Å². The summed E-state index contributed by atoms with van der Waals surface area (Å²) in [5.74, 6) is 0.166. The van der Waals surface area contributed by atoms with Gasteiger partial charge in [-0.2, -0.15) is 0 Å². The van der Waals surface area contributed by atoms with Crippen molar-refractivity contribution < 1.29 is 18.6 Å². The molecular weight excluding hydrogens is 242 g/mol. The fraction of sp³-hybridized carbons (Fsp3) is 1.00. The minimum atomic E-state index is -2.97. The number of sulfone groups is 1. The molecule has 2 aliphatic rings. The van der Waals surface area contributed by atoms with E-state index in [-0.39, 0.29) is 18.1 Å². The second kappa shape index (κ2) is 4.19. The molecule has 0 spiro atoms. The molecule has 0 radical (unpaired) electrons. The summed E-state index contributed by atoms with van der Waals surface area (Å²) in [6.07, 6.45) is 1.36. The Kier molecular flexibility index (Phi) is 3.27. The third-order valence-corrected chi connectivity index (χ3v) is 6.16. The van der Waals surface area contributed by atoms with Crippen molar-refractivity contribution in [2.75, 3.05) is 38.2 Å². The van der Waals surface area contributed by atoms with Crippen LogP contribution in [0.5, 0.6) is 0 Å². The van der Waals surface area contributed by atoms with Gasteiger partial charge in [0, 0.05) is 18.5 Å². The molecule has 0 bridgehead atoms. The number of nitrogens with zero attached hydrogens (tertiary/aromatic N) is 1. The van der Waals surface area contributed by atoms with E-state index in [1.54, 1.807) is 0 Å². The lowest BCUT2D eigenvalue weighted by Gasteiger charge is -2.46. The average Bonchev–Trinajstić information content (AvgIpc) is 2.61. The van der Waals surface area contributed by atoms with Gasteiger partial charge in [-0.25, -0.2) is 8.42 Å². The van der Waals surface area contributed by atoms with E-state index in [1.165, 1.54) is 0 Å². The summed E-state index contributed by atoms with van der Waals surface area (Å²) in [5.41, 5.74) is -1.57. The molecule has 2 N–H and O–H groups in total. The van der Waals surface area contributed by atoms with Gasteiger partial charge in [-0.1, -0.05) is 0 Å². The molecule has 0 aromatic rings. The van der Waals surface area contributed by atoms with Gasteiger partial charge in [0.2, 0.25) is 0 Å². The number of β-amino-alcohol motifs (C(OH)–C–C–N with tert-alkyl or cyclic N) is 1. The fourth-order valence-corrected chi connectivity index (χ4v) is 4.72. The monoisotopic (exact) mass is 263 g/mol. The van der Waals surface area contributed by atoms with Crippen molar-refractivity contribution in [1.29, 1.82) is 0 Å². The van der Waals surface area contributed by atoms with E-state index >= 15 is 0 Å². The molecule has 1 atom stereocenters. The van der Waals surface area contributed by atoms with Crippen LogP contribution in [0, 0.1) is 5.41 Å². The minimum absolute atomic E-state index is 0.0829. The molecular formula is C11H21NO4S. The molecule has 2 heterocycles. The highest BCUT2D eigenvalue weighted by molar-refractivity contribution is 7.91. The van der Waals surface area contributed by atoms with Crippen molar-refractivity contribution in [2.45, 2.75) is 24.9 Å². The molecule has 2 rings (SSSR count). The Morgan fingerprint density at radius 1 is 1.24 bits per heavy atom. The van der Waals surface area contributed by atoms with Crippen molar-refractivity contribution in [2.24, 2.45) is 5.41 Å². The van der Waals surface area contributed by atoms with Gasteiger partial charge in [0.25, 0.3) is 0 Å². The smallest absolute Gasteiger partial charge is 0.150 e. The highest BCUT2D eigenvalue weighted by Crippen LogP contribution is 2.46. The first-order chi connectivity index (χ1) is 7.83. The quantitative estimate of drug-likeness (QED) is 0.685. The summed E-state index contributed by atoms with van der Waals surface area (Å²) in [4.78, 5) is 2.03. The van der Waals surface area contributed by atoms with Crippen LogP contribution >= 0.6 is 0 Å². The molecule has 5 nitrogen and oxygen atoms in total. The molecule has 0 aliphatic carbocycles. The number of aliphatic hydroxyl groups excluding tert-OH is 1. The van der Waals surface area contributed by atoms with Gasteiger partial charge in [-0.15, -0.1) is 0 Å². The lowest BCUT2D eigenvalue weighted by atomic mass is 9.67. The standard InChI is InChI=1S/C11H21NO4S/c1-12-5-2-11(14,8-12)10(9-13)3-6-17(15,16)7-4-10/h13-14H,2-9H2,1H3. The summed E-state index contributed by atoms with van der Waals surface area (Å²) in [5, 5.41) is 20.4.